The zero-order valence-electron chi connectivity index (χ0n) is 43.6. The molecule has 3 aliphatic rings. The van der Waals surface area contributed by atoms with Crippen LogP contribution in [0.1, 0.15) is 34.2 Å². The Morgan fingerprint density at radius 1 is 0.269 bits per heavy atom. The molecule has 2 nitrogen and oxygen atoms in total. The molecule has 372 valence electrons. The van der Waals surface area contributed by atoms with Crippen LogP contribution in [-0.2, 0) is 25.7 Å². The number of anilines is 5. The van der Waals surface area contributed by atoms with Gasteiger partial charge >= 0.3 is 0 Å². The average molecular weight is 999 g/mol. The van der Waals surface area contributed by atoms with Gasteiger partial charge in [0, 0.05) is 28.4 Å². The smallest absolute Gasteiger partial charge is 0.0560 e. The van der Waals surface area contributed by atoms with E-state index in [1.54, 1.807) is 0 Å². The molecule has 0 saturated carbocycles. The van der Waals surface area contributed by atoms with Gasteiger partial charge in [0.1, 0.15) is 0 Å². The summed E-state index contributed by atoms with van der Waals surface area (Å²) in [7, 11) is 0. The van der Waals surface area contributed by atoms with E-state index in [9.17, 15) is 0 Å². The van der Waals surface area contributed by atoms with Crippen molar-refractivity contribution in [3.8, 4) is 66.8 Å². The van der Waals surface area contributed by atoms with E-state index in [-0.39, 0.29) is 6.04 Å². The van der Waals surface area contributed by atoms with Crippen molar-refractivity contribution in [2.45, 2.75) is 38.1 Å². The molecular weight excluding hydrogens is 941 g/mol. The molecule has 3 aliphatic carbocycles. The highest BCUT2D eigenvalue weighted by Crippen LogP contribution is 2.47. The Morgan fingerprint density at radius 2 is 0.628 bits per heavy atom. The fourth-order valence-electron chi connectivity index (χ4n) is 12.4. The van der Waals surface area contributed by atoms with Crippen LogP contribution >= 0.6 is 0 Å². The van der Waals surface area contributed by atoms with Crippen molar-refractivity contribution in [3.63, 3.8) is 0 Å². The molecule has 11 aromatic carbocycles. The van der Waals surface area contributed by atoms with Gasteiger partial charge < -0.3 is 9.80 Å². The highest BCUT2D eigenvalue weighted by atomic mass is 15.2. The van der Waals surface area contributed by atoms with E-state index in [1.807, 2.05) is 0 Å². The third kappa shape index (κ3) is 9.16. The van der Waals surface area contributed by atoms with E-state index in [0.29, 0.717) is 0 Å². The van der Waals surface area contributed by atoms with Gasteiger partial charge in [-0.3, -0.25) is 0 Å². The van der Waals surface area contributed by atoms with Crippen LogP contribution in [0.25, 0.3) is 72.3 Å². The minimum absolute atomic E-state index is 0.163. The standard InChI is InChI=1S/C76H58N2/c1-5-15-53(16-6-1)57-31-39-69(40-32-57)77(70-41-33-58(34-42-70)54-17-7-2-8-18-54)73-25-13-23-61(51-73)67-47-63-27-29-65-49-68(50-66-30-28-64(48-67)75(63)76(65)66)62-24-14-26-74(52-62)78(71-43-35-59(36-44-71)55-19-9-3-10-20-55)72-45-37-60(38-46-72)56-21-11-4-12-22-56/h1-26,31-45,47-52,72H,27-30,46H2. The molecule has 0 amide bonds. The van der Waals surface area contributed by atoms with Crippen LogP contribution in [0.4, 0.5) is 28.4 Å². The lowest BCUT2D eigenvalue weighted by molar-refractivity contribution is 0.787. The van der Waals surface area contributed by atoms with Crippen LogP contribution in [0.2, 0.25) is 0 Å². The zero-order chi connectivity index (χ0) is 51.8. The fraction of sp³-hybridized carbons (Fsp3) is 0.0789. The van der Waals surface area contributed by atoms with Crippen molar-refractivity contribution < 1.29 is 0 Å². The summed E-state index contributed by atoms with van der Waals surface area (Å²) in [6.45, 7) is 0. The highest BCUT2D eigenvalue weighted by molar-refractivity contribution is 5.89. The van der Waals surface area contributed by atoms with Crippen molar-refractivity contribution in [1.82, 2.24) is 0 Å². The Labute approximate surface area is 459 Å². The summed E-state index contributed by atoms with van der Waals surface area (Å²) in [5.41, 5.74) is 29.6. The summed E-state index contributed by atoms with van der Waals surface area (Å²) < 4.78 is 0. The van der Waals surface area contributed by atoms with E-state index >= 15 is 0 Å². The summed E-state index contributed by atoms with van der Waals surface area (Å²) >= 11 is 0. The molecule has 0 bridgehead atoms. The molecule has 0 fully saturated rings. The molecule has 0 saturated heterocycles. The maximum atomic E-state index is 2.54. The fourth-order valence-corrected chi connectivity index (χ4v) is 12.4. The molecule has 0 radical (unpaired) electrons. The molecule has 1 unspecified atom stereocenters. The zero-order valence-corrected chi connectivity index (χ0v) is 43.6. The predicted octanol–water partition coefficient (Wildman–Crippen LogP) is 19.9. The van der Waals surface area contributed by atoms with Crippen LogP contribution in [0.3, 0.4) is 0 Å². The molecule has 1 atom stereocenters. The number of allylic oxidation sites excluding steroid dienone is 2. The quantitative estimate of drug-likeness (QED) is 0.120. The number of aryl methyl sites for hydroxylation is 4. The molecule has 0 aliphatic heterocycles. The van der Waals surface area contributed by atoms with E-state index < -0.39 is 0 Å². The van der Waals surface area contributed by atoms with E-state index in [2.05, 4.69) is 295 Å². The first-order valence-corrected chi connectivity index (χ1v) is 27.7. The summed E-state index contributed by atoms with van der Waals surface area (Å²) in [6, 6.07) is 98.5. The lowest BCUT2D eigenvalue weighted by Gasteiger charge is -2.34. The van der Waals surface area contributed by atoms with Crippen molar-refractivity contribution in [2.75, 3.05) is 9.80 Å². The second kappa shape index (κ2) is 20.6. The van der Waals surface area contributed by atoms with Crippen molar-refractivity contribution >= 4 is 34.0 Å². The number of nitrogens with zero attached hydrogens (tertiary/aromatic N) is 2. The van der Waals surface area contributed by atoms with Crippen molar-refractivity contribution in [3.05, 3.63) is 313 Å². The summed E-state index contributed by atoms with van der Waals surface area (Å²) in [6.07, 6.45) is 12.1. The minimum Gasteiger partial charge on any atom is -0.334 e. The van der Waals surface area contributed by atoms with Crippen LogP contribution < -0.4 is 9.80 Å². The normalized spacial score (nSPS) is 14.1. The molecule has 11 aromatic rings. The van der Waals surface area contributed by atoms with Gasteiger partial charge in [0.05, 0.1) is 6.04 Å². The Hall–Kier alpha value is -9.50. The predicted molar refractivity (Wildman–Crippen MR) is 329 cm³/mol. The first-order chi connectivity index (χ1) is 38.6. The topological polar surface area (TPSA) is 6.48 Å². The van der Waals surface area contributed by atoms with Gasteiger partial charge in [0.15, 0.2) is 0 Å². The van der Waals surface area contributed by atoms with Crippen LogP contribution in [0.5, 0.6) is 0 Å². The summed E-state index contributed by atoms with van der Waals surface area (Å²) in [4.78, 5) is 4.94. The third-order valence-corrected chi connectivity index (χ3v) is 16.3. The third-order valence-electron chi connectivity index (χ3n) is 16.3. The Bertz CT molecular complexity index is 3870. The van der Waals surface area contributed by atoms with Gasteiger partial charge in [-0.25, -0.2) is 0 Å². The van der Waals surface area contributed by atoms with Crippen LogP contribution in [0, 0.1) is 0 Å². The molecule has 0 N–H and O–H groups in total. The molecule has 78 heavy (non-hydrogen) atoms. The van der Waals surface area contributed by atoms with Gasteiger partial charge in [0.2, 0.25) is 0 Å². The van der Waals surface area contributed by atoms with Crippen molar-refractivity contribution in [1.29, 1.82) is 0 Å². The van der Waals surface area contributed by atoms with Gasteiger partial charge in [-0.15, -0.1) is 0 Å². The lowest BCUT2D eigenvalue weighted by atomic mass is 9.73. The lowest BCUT2D eigenvalue weighted by Crippen LogP contribution is -2.30. The maximum Gasteiger partial charge on any atom is 0.0560 e. The summed E-state index contributed by atoms with van der Waals surface area (Å²) in [5, 5.41) is 0. The molecule has 2 heteroatoms. The monoisotopic (exact) mass is 998 g/mol. The van der Waals surface area contributed by atoms with E-state index in [0.717, 1.165) is 49.2 Å². The first-order valence-electron chi connectivity index (χ1n) is 27.7. The van der Waals surface area contributed by atoms with Gasteiger partial charge in [0.25, 0.3) is 0 Å². The number of hydrogen-bond donors (Lipinski definition) is 0. The molecular formula is C76H58N2. The largest absolute Gasteiger partial charge is 0.334 e. The maximum absolute atomic E-state index is 2.54. The molecule has 14 rings (SSSR count). The van der Waals surface area contributed by atoms with E-state index in [1.165, 1.54) is 112 Å². The molecule has 0 aromatic heterocycles. The second-order valence-electron chi connectivity index (χ2n) is 21.1. The van der Waals surface area contributed by atoms with Gasteiger partial charge in [-0.1, -0.05) is 224 Å². The molecule has 0 spiro atoms. The summed E-state index contributed by atoms with van der Waals surface area (Å²) in [5.74, 6) is 0. The highest BCUT2D eigenvalue weighted by Gasteiger charge is 2.28. The van der Waals surface area contributed by atoms with Crippen molar-refractivity contribution in [2.24, 2.45) is 0 Å². The number of hydrogen-bond acceptors (Lipinski definition) is 2. The Kier molecular flexibility index (Phi) is 12.4. The number of benzene rings is 11. The van der Waals surface area contributed by atoms with Gasteiger partial charge in [-0.05, 0) is 193 Å². The van der Waals surface area contributed by atoms with Gasteiger partial charge in [-0.2, -0.15) is 0 Å². The SMILES string of the molecule is C1=CC(N(c2ccc(-c3ccccc3)cc2)c2cccc(-c3cc4c5c(c3)CCc3cc(-c6cccc(N(c7ccc(-c8ccccc8)cc7)c7ccc(-c8ccccc8)cc7)c6)cc(c3-5)CC4)c2)CC=C1c1ccccc1. The second-order valence-corrected chi connectivity index (χ2v) is 21.1. The van der Waals surface area contributed by atoms with Crippen LogP contribution in [-0.4, -0.2) is 6.04 Å². The van der Waals surface area contributed by atoms with E-state index in [4.69, 9.17) is 0 Å². The Balaban J connectivity index is 0.779. The number of rotatable bonds is 12. The van der Waals surface area contributed by atoms with Crippen LogP contribution in [0.15, 0.2) is 285 Å². The first kappa shape index (κ1) is 47.0. The Morgan fingerprint density at radius 3 is 1.04 bits per heavy atom. The minimum atomic E-state index is 0.163. The average Bonchev–Trinajstić information content (AvgIpc) is 3.55. The molecule has 0 heterocycles.